The predicted octanol–water partition coefficient (Wildman–Crippen LogP) is 2.44. The van der Waals surface area contributed by atoms with Crippen LogP contribution in [0, 0.1) is 5.92 Å². The Balaban J connectivity index is 1.88. The summed E-state index contributed by atoms with van der Waals surface area (Å²) in [4.78, 5) is 99.0. The average Bonchev–Trinajstić information content (AvgIpc) is 3.16. The Kier molecular flexibility index (Phi) is 13.9. The Bertz CT molecular complexity index is 2070. The highest BCUT2D eigenvalue weighted by molar-refractivity contribution is 6.01. The number of aliphatic hydroxyl groups excluding tert-OH is 2. The van der Waals surface area contributed by atoms with Crippen molar-refractivity contribution in [2.75, 3.05) is 13.2 Å². The van der Waals surface area contributed by atoms with Crippen molar-refractivity contribution < 1.29 is 86.4 Å². The molecule has 3 saturated heterocycles. The summed E-state index contributed by atoms with van der Waals surface area (Å²) >= 11 is 0. The Morgan fingerprint density at radius 1 is 0.714 bits per heavy atom. The van der Waals surface area contributed by atoms with Gasteiger partial charge in [0, 0.05) is 20.8 Å². The number of esters is 5. The molecular formula is C42H51N3O18. The van der Waals surface area contributed by atoms with E-state index < -0.39 is 126 Å². The highest BCUT2D eigenvalue weighted by atomic mass is 16.9. The predicted molar refractivity (Wildman–Crippen MR) is 212 cm³/mol. The van der Waals surface area contributed by atoms with Crippen LogP contribution in [0.2, 0.25) is 0 Å². The first-order chi connectivity index (χ1) is 29.4. The lowest BCUT2D eigenvalue weighted by molar-refractivity contribution is -0.540. The lowest BCUT2D eigenvalue weighted by atomic mass is 9.54. The Morgan fingerprint density at radius 2 is 1.21 bits per heavy atom. The summed E-state index contributed by atoms with van der Waals surface area (Å²) in [6.07, 6.45) is -13.0. The van der Waals surface area contributed by atoms with Crippen LogP contribution in [0.1, 0.15) is 83.0 Å². The highest BCUT2D eigenvalue weighted by Gasteiger charge is 2.88. The zero-order valence-electron chi connectivity index (χ0n) is 36.0. The molecule has 4 bridgehead atoms. The number of aliphatic imine (C=N–C) groups is 1. The molecule has 2 amide bonds. The van der Waals surface area contributed by atoms with Gasteiger partial charge in [0.1, 0.15) is 30.0 Å². The smallest absolute Gasteiger partial charge is 0.414 e. The van der Waals surface area contributed by atoms with Crippen LogP contribution < -0.4 is 10.6 Å². The number of amides is 2. The van der Waals surface area contributed by atoms with Crippen molar-refractivity contribution in [1.29, 1.82) is 0 Å². The van der Waals surface area contributed by atoms with Gasteiger partial charge in [-0.3, -0.25) is 25.0 Å². The largest absolute Gasteiger partial charge is 0.458 e. The van der Waals surface area contributed by atoms with Gasteiger partial charge in [-0.05, 0) is 65.8 Å². The molecule has 9 atom stereocenters. The first kappa shape index (κ1) is 47.9. The van der Waals surface area contributed by atoms with Gasteiger partial charge in [0.15, 0.2) is 11.6 Å². The van der Waals surface area contributed by atoms with Crippen molar-refractivity contribution in [3.63, 3.8) is 0 Å². The van der Waals surface area contributed by atoms with Crippen molar-refractivity contribution in [2.45, 2.75) is 121 Å². The number of alkyl carbamates (subject to hydrolysis) is 2. The minimum atomic E-state index is -3.00. The van der Waals surface area contributed by atoms with Gasteiger partial charge >= 0.3 is 48.0 Å². The van der Waals surface area contributed by atoms with Gasteiger partial charge in [0.05, 0.1) is 29.8 Å². The van der Waals surface area contributed by atoms with Crippen LogP contribution >= 0.6 is 0 Å². The SMILES string of the molecule is CC(=O)OC1C2OC3(OC(=O)c4ccccc4)OC(C(C(O)CO)C1(N=C(NC(=O)OC(C)(C)C)NC(=O)OC(C)(C)C)[C@@H]3OC(C)=O)C2(COC(=O)c1ccccc1)OC(C)=O. The molecule has 4 N–H and O–H groups in total. The van der Waals surface area contributed by atoms with Crippen molar-refractivity contribution in [3.05, 3.63) is 71.8 Å². The molecule has 6 rings (SSSR count). The van der Waals surface area contributed by atoms with Crippen LogP contribution in [-0.4, -0.2) is 130 Å². The molecule has 63 heavy (non-hydrogen) atoms. The molecular weight excluding hydrogens is 834 g/mol. The first-order valence-electron chi connectivity index (χ1n) is 19.7. The van der Waals surface area contributed by atoms with E-state index in [-0.39, 0.29) is 11.1 Å². The minimum Gasteiger partial charge on any atom is -0.458 e. The summed E-state index contributed by atoms with van der Waals surface area (Å²) in [6.45, 7) is 9.88. The van der Waals surface area contributed by atoms with E-state index in [2.05, 4.69) is 10.6 Å². The Labute approximate surface area is 361 Å². The topological polar surface area (TPSA) is 279 Å². The van der Waals surface area contributed by atoms with Gasteiger partial charge in [-0.2, -0.15) is 0 Å². The Morgan fingerprint density at radius 3 is 1.67 bits per heavy atom. The number of guanidine groups is 1. The van der Waals surface area contributed by atoms with Gasteiger partial charge < -0.3 is 52.8 Å². The summed E-state index contributed by atoms with van der Waals surface area (Å²) in [5.74, 6) is -11.3. The number of carbonyl (C=O) groups excluding carboxylic acids is 7. The molecule has 21 heteroatoms. The van der Waals surface area contributed by atoms with Crippen LogP contribution in [0.25, 0.3) is 0 Å². The molecule has 342 valence electrons. The van der Waals surface area contributed by atoms with E-state index in [1.165, 1.54) is 77.9 Å². The fourth-order valence-corrected chi connectivity index (χ4v) is 7.69. The van der Waals surface area contributed by atoms with Gasteiger partial charge in [0.25, 0.3) is 0 Å². The molecule has 21 nitrogen and oxygen atoms in total. The van der Waals surface area contributed by atoms with E-state index in [4.69, 9.17) is 47.6 Å². The number of nitrogens with zero attached hydrogens (tertiary/aromatic N) is 1. The number of carbonyl (C=O) groups is 7. The maximum Gasteiger partial charge on any atom is 0.414 e. The van der Waals surface area contributed by atoms with E-state index in [1.54, 1.807) is 24.3 Å². The molecule has 2 aromatic rings. The highest BCUT2D eigenvalue weighted by Crippen LogP contribution is 2.63. The maximum absolute atomic E-state index is 14.1. The number of ether oxygens (including phenoxy) is 9. The molecule has 2 aromatic carbocycles. The number of rotatable bonds is 11. The van der Waals surface area contributed by atoms with Crippen molar-refractivity contribution >= 4 is 48.0 Å². The molecule has 3 heterocycles. The van der Waals surface area contributed by atoms with Crippen molar-refractivity contribution in [3.8, 4) is 0 Å². The first-order valence-corrected chi connectivity index (χ1v) is 19.7. The van der Waals surface area contributed by atoms with Crippen molar-refractivity contribution in [2.24, 2.45) is 10.9 Å². The second-order valence-corrected chi connectivity index (χ2v) is 16.8. The second-order valence-electron chi connectivity index (χ2n) is 16.8. The maximum atomic E-state index is 14.1. The Hall–Kier alpha value is -6.16. The zero-order valence-corrected chi connectivity index (χ0v) is 36.0. The van der Waals surface area contributed by atoms with Crippen LogP contribution in [0.4, 0.5) is 9.59 Å². The molecule has 0 spiro atoms. The third kappa shape index (κ3) is 10.4. The molecule has 1 saturated carbocycles. The van der Waals surface area contributed by atoms with E-state index in [0.29, 0.717) is 0 Å². The van der Waals surface area contributed by atoms with Gasteiger partial charge in [0.2, 0.25) is 17.7 Å². The number of hydrogen-bond acceptors (Lipinski definition) is 19. The van der Waals surface area contributed by atoms with Crippen molar-refractivity contribution in [1.82, 2.24) is 10.6 Å². The van der Waals surface area contributed by atoms with Gasteiger partial charge in [-0.15, -0.1) is 0 Å². The minimum absolute atomic E-state index is 0.0416. The molecule has 0 radical (unpaired) electrons. The summed E-state index contributed by atoms with van der Waals surface area (Å²) in [5, 5.41) is 27.4. The molecule has 1 aliphatic carbocycles. The zero-order chi connectivity index (χ0) is 46.7. The fourth-order valence-electron chi connectivity index (χ4n) is 7.69. The number of benzene rings is 2. The third-order valence-electron chi connectivity index (χ3n) is 9.62. The van der Waals surface area contributed by atoms with Crippen LogP contribution in [0.5, 0.6) is 0 Å². The lowest BCUT2D eigenvalue weighted by Crippen LogP contribution is -2.93. The molecule has 0 aromatic heterocycles. The second kappa shape index (κ2) is 18.3. The molecule has 4 aliphatic rings. The summed E-state index contributed by atoms with van der Waals surface area (Å²) in [7, 11) is 0. The third-order valence-corrected chi connectivity index (χ3v) is 9.62. The molecule has 4 fully saturated rings. The summed E-state index contributed by atoms with van der Waals surface area (Å²) in [6, 6.07) is 14.9. The fraction of sp³-hybridized carbons (Fsp3) is 0.524. The van der Waals surface area contributed by atoms with E-state index >= 15 is 0 Å². The number of hydrogen-bond donors (Lipinski definition) is 4. The monoisotopic (exact) mass is 885 g/mol. The standard InChI is InChI=1S/C42H51N3O18/c1-22(47)56-31-30-40(58-24(3)49,21-55-32(51)25-16-12-10-13-17-25)29-28(27(50)20-46)41(31,45-35(43-36(53)62-38(4,5)6)44-37(54)63-39(7,8)9)34(57-23(2)48)42(59-29,60-30)61-33(52)26-18-14-11-15-19-26/h10-19,27-31,34,46,50H,20-21H2,1-9H3,(H2,43,44,45,53,54)/t27?,28?,29?,30?,31?,34-,40?,41?,42?/m0/s1. The van der Waals surface area contributed by atoms with Crippen LogP contribution in [0.3, 0.4) is 0 Å². The van der Waals surface area contributed by atoms with Gasteiger partial charge in [-0.1, -0.05) is 36.4 Å². The van der Waals surface area contributed by atoms with E-state index in [9.17, 15) is 43.8 Å². The number of nitrogens with one attached hydrogen (secondary N) is 2. The lowest BCUT2D eigenvalue weighted by Gasteiger charge is -2.70. The van der Waals surface area contributed by atoms with Gasteiger partial charge in [-0.25, -0.2) is 24.2 Å². The number of aliphatic hydroxyl groups is 2. The summed E-state index contributed by atoms with van der Waals surface area (Å²) < 4.78 is 53.2. The normalized spacial score (nSPS) is 27.4. The van der Waals surface area contributed by atoms with E-state index in [1.807, 2.05) is 0 Å². The quantitative estimate of drug-likeness (QED) is 0.109. The molecule has 8 unspecified atom stereocenters. The summed E-state index contributed by atoms with van der Waals surface area (Å²) in [5.41, 5.74) is -7.57. The molecule has 3 aliphatic heterocycles. The van der Waals surface area contributed by atoms with E-state index in [0.717, 1.165) is 20.8 Å². The van der Waals surface area contributed by atoms with Crippen LogP contribution in [0.15, 0.2) is 65.7 Å². The van der Waals surface area contributed by atoms with Crippen LogP contribution in [-0.2, 0) is 57.0 Å². The average molecular weight is 886 g/mol.